The number of carbonyl (C=O) groups excluding carboxylic acids is 2. The van der Waals surface area contributed by atoms with Gasteiger partial charge in [0.1, 0.15) is 25.0 Å². The zero-order valence-electron chi connectivity index (χ0n) is 14.8. The molecule has 8 nitrogen and oxygen atoms in total. The van der Waals surface area contributed by atoms with Crippen molar-refractivity contribution >= 4 is 23.2 Å². The maximum atomic E-state index is 12.4. The number of ether oxygens (including phenoxy) is 1. The van der Waals surface area contributed by atoms with Crippen molar-refractivity contribution in [2.24, 2.45) is 0 Å². The fourth-order valence-electron chi connectivity index (χ4n) is 2.41. The molecule has 0 aliphatic carbocycles. The lowest BCUT2D eigenvalue weighted by Gasteiger charge is -2.10. The SMILES string of the molecule is CC(=O)Nc1cccc(C(=O)Nc2cccc(OCCn3cncn3)c2)c1. The van der Waals surface area contributed by atoms with Crippen LogP contribution >= 0.6 is 0 Å². The van der Waals surface area contributed by atoms with Crippen LogP contribution < -0.4 is 15.4 Å². The van der Waals surface area contributed by atoms with E-state index in [1.165, 1.54) is 13.3 Å². The van der Waals surface area contributed by atoms with Gasteiger partial charge in [-0.15, -0.1) is 0 Å². The van der Waals surface area contributed by atoms with Crippen LogP contribution in [-0.4, -0.2) is 33.2 Å². The molecule has 0 radical (unpaired) electrons. The topological polar surface area (TPSA) is 98.1 Å². The van der Waals surface area contributed by atoms with E-state index < -0.39 is 0 Å². The molecule has 0 spiro atoms. The summed E-state index contributed by atoms with van der Waals surface area (Å²) in [6.07, 6.45) is 3.09. The van der Waals surface area contributed by atoms with Crippen LogP contribution in [0.15, 0.2) is 61.2 Å². The number of rotatable bonds is 7. The molecule has 2 N–H and O–H groups in total. The molecule has 27 heavy (non-hydrogen) atoms. The summed E-state index contributed by atoms with van der Waals surface area (Å²) in [5, 5.41) is 9.49. The summed E-state index contributed by atoms with van der Waals surface area (Å²) >= 11 is 0. The third-order valence-corrected chi connectivity index (χ3v) is 3.59. The maximum absolute atomic E-state index is 12.4. The van der Waals surface area contributed by atoms with Gasteiger partial charge in [-0.3, -0.25) is 9.59 Å². The normalized spacial score (nSPS) is 10.3. The van der Waals surface area contributed by atoms with Crippen LogP contribution in [0.1, 0.15) is 17.3 Å². The van der Waals surface area contributed by atoms with E-state index >= 15 is 0 Å². The number of nitrogens with one attached hydrogen (secondary N) is 2. The first-order valence-electron chi connectivity index (χ1n) is 8.34. The van der Waals surface area contributed by atoms with E-state index in [4.69, 9.17) is 4.74 Å². The Bertz CT molecular complexity index is 925. The Morgan fingerprint density at radius 1 is 1.07 bits per heavy atom. The Hall–Kier alpha value is -3.68. The van der Waals surface area contributed by atoms with Gasteiger partial charge in [-0.05, 0) is 30.3 Å². The van der Waals surface area contributed by atoms with Crippen LogP contribution in [0, 0.1) is 0 Å². The molecule has 8 heteroatoms. The zero-order chi connectivity index (χ0) is 19.1. The van der Waals surface area contributed by atoms with E-state index in [-0.39, 0.29) is 11.8 Å². The van der Waals surface area contributed by atoms with Gasteiger partial charge in [0.2, 0.25) is 5.91 Å². The highest BCUT2D eigenvalue weighted by Gasteiger charge is 2.08. The van der Waals surface area contributed by atoms with Gasteiger partial charge in [-0.2, -0.15) is 5.10 Å². The van der Waals surface area contributed by atoms with Crippen molar-refractivity contribution in [3.63, 3.8) is 0 Å². The number of hydrogen-bond donors (Lipinski definition) is 2. The van der Waals surface area contributed by atoms with Crippen molar-refractivity contribution in [1.29, 1.82) is 0 Å². The molecular formula is C19H19N5O3. The molecule has 0 atom stereocenters. The molecule has 1 heterocycles. The monoisotopic (exact) mass is 365 g/mol. The second-order valence-corrected chi connectivity index (χ2v) is 5.75. The number of hydrogen-bond acceptors (Lipinski definition) is 5. The van der Waals surface area contributed by atoms with E-state index in [1.807, 2.05) is 6.07 Å². The molecule has 0 saturated carbocycles. The smallest absolute Gasteiger partial charge is 0.255 e. The van der Waals surface area contributed by atoms with E-state index in [9.17, 15) is 9.59 Å². The Morgan fingerprint density at radius 3 is 2.59 bits per heavy atom. The molecule has 0 aliphatic heterocycles. The summed E-state index contributed by atoms with van der Waals surface area (Å²) in [4.78, 5) is 27.5. The number of amides is 2. The maximum Gasteiger partial charge on any atom is 0.255 e. The summed E-state index contributed by atoms with van der Waals surface area (Å²) in [5.74, 6) is 0.171. The fourth-order valence-corrected chi connectivity index (χ4v) is 2.41. The quantitative estimate of drug-likeness (QED) is 0.670. The first kappa shape index (κ1) is 18.1. The molecule has 0 fully saturated rings. The van der Waals surface area contributed by atoms with Crippen molar-refractivity contribution < 1.29 is 14.3 Å². The summed E-state index contributed by atoms with van der Waals surface area (Å²) in [6, 6.07) is 13.9. The Labute approximate surface area is 156 Å². The third-order valence-electron chi connectivity index (χ3n) is 3.59. The van der Waals surface area contributed by atoms with Crippen LogP contribution in [0.5, 0.6) is 5.75 Å². The molecule has 3 aromatic rings. The van der Waals surface area contributed by atoms with Crippen LogP contribution in [0.3, 0.4) is 0 Å². The van der Waals surface area contributed by atoms with Gasteiger partial charge in [-0.25, -0.2) is 9.67 Å². The average molecular weight is 365 g/mol. The minimum atomic E-state index is -0.276. The number of benzene rings is 2. The van der Waals surface area contributed by atoms with E-state index in [1.54, 1.807) is 53.5 Å². The number of carbonyl (C=O) groups is 2. The molecule has 0 saturated heterocycles. The van der Waals surface area contributed by atoms with Crippen molar-refractivity contribution in [3.8, 4) is 5.75 Å². The van der Waals surface area contributed by atoms with Crippen molar-refractivity contribution in [1.82, 2.24) is 14.8 Å². The lowest BCUT2D eigenvalue weighted by atomic mass is 10.2. The van der Waals surface area contributed by atoms with Crippen molar-refractivity contribution in [3.05, 3.63) is 66.7 Å². The van der Waals surface area contributed by atoms with E-state index in [0.29, 0.717) is 35.8 Å². The van der Waals surface area contributed by atoms with Crippen molar-refractivity contribution in [2.45, 2.75) is 13.5 Å². The van der Waals surface area contributed by atoms with Crippen LogP contribution in [0.2, 0.25) is 0 Å². The molecule has 3 rings (SSSR count). The largest absolute Gasteiger partial charge is 0.492 e. The summed E-state index contributed by atoms with van der Waals surface area (Å²) in [7, 11) is 0. The van der Waals surface area contributed by atoms with E-state index in [2.05, 4.69) is 20.7 Å². The highest BCUT2D eigenvalue weighted by atomic mass is 16.5. The van der Waals surface area contributed by atoms with Gasteiger partial charge in [0.25, 0.3) is 5.91 Å². The molecule has 2 amide bonds. The lowest BCUT2D eigenvalue weighted by molar-refractivity contribution is -0.114. The number of anilines is 2. The van der Waals surface area contributed by atoms with Gasteiger partial charge < -0.3 is 15.4 Å². The third kappa shape index (κ3) is 5.40. The van der Waals surface area contributed by atoms with Gasteiger partial charge in [-0.1, -0.05) is 12.1 Å². The van der Waals surface area contributed by atoms with E-state index in [0.717, 1.165) is 0 Å². The van der Waals surface area contributed by atoms with Crippen LogP contribution in [0.4, 0.5) is 11.4 Å². The summed E-state index contributed by atoms with van der Waals surface area (Å²) < 4.78 is 7.36. The van der Waals surface area contributed by atoms with Crippen LogP contribution in [-0.2, 0) is 11.3 Å². The second kappa shape index (κ2) is 8.61. The van der Waals surface area contributed by atoms with Gasteiger partial charge in [0.05, 0.1) is 6.54 Å². The first-order valence-corrected chi connectivity index (χ1v) is 8.34. The first-order chi connectivity index (χ1) is 13.1. The minimum Gasteiger partial charge on any atom is -0.492 e. The second-order valence-electron chi connectivity index (χ2n) is 5.75. The molecule has 2 aromatic carbocycles. The van der Waals surface area contributed by atoms with Gasteiger partial charge in [0.15, 0.2) is 0 Å². The van der Waals surface area contributed by atoms with Crippen LogP contribution in [0.25, 0.3) is 0 Å². The predicted octanol–water partition coefficient (Wildman–Crippen LogP) is 2.57. The molecule has 0 aliphatic rings. The highest BCUT2D eigenvalue weighted by Crippen LogP contribution is 2.19. The average Bonchev–Trinajstić information content (AvgIpc) is 3.15. The molecule has 1 aromatic heterocycles. The minimum absolute atomic E-state index is 0.191. The molecule has 0 bridgehead atoms. The van der Waals surface area contributed by atoms with Gasteiger partial charge in [0, 0.05) is 29.9 Å². The number of nitrogens with zero attached hydrogens (tertiary/aromatic N) is 3. The molecular weight excluding hydrogens is 346 g/mol. The molecule has 138 valence electrons. The fraction of sp³-hybridized carbons (Fsp3) is 0.158. The Morgan fingerprint density at radius 2 is 1.85 bits per heavy atom. The highest BCUT2D eigenvalue weighted by molar-refractivity contribution is 6.05. The zero-order valence-corrected chi connectivity index (χ0v) is 14.8. The molecule has 0 unspecified atom stereocenters. The summed E-state index contributed by atoms with van der Waals surface area (Å²) in [6.45, 7) is 2.42. The predicted molar refractivity (Wildman–Crippen MR) is 101 cm³/mol. The summed E-state index contributed by atoms with van der Waals surface area (Å²) in [5.41, 5.74) is 1.63. The number of aromatic nitrogens is 3. The van der Waals surface area contributed by atoms with Crippen molar-refractivity contribution in [2.75, 3.05) is 17.2 Å². The Balaban J connectivity index is 1.60. The van der Waals surface area contributed by atoms with Gasteiger partial charge >= 0.3 is 0 Å². The Kier molecular flexibility index (Phi) is 5.78. The lowest BCUT2D eigenvalue weighted by Crippen LogP contribution is -2.13. The standard InChI is InChI=1S/C19H19N5O3/c1-14(25)22-16-5-2-4-15(10-16)19(26)23-17-6-3-7-18(11-17)27-9-8-24-13-20-12-21-24/h2-7,10-13H,8-9H2,1H3,(H,22,25)(H,23,26).